The average molecular weight is 407 g/mol. The first kappa shape index (κ1) is 22.1. The molecular weight excluding hydrogens is 387 g/mol. The molecule has 1 aliphatic rings. The molecule has 2 rings (SSSR count). The second-order valence-corrected chi connectivity index (χ2v) is 5.96. The van der Waals surface area contributed by atoms with Crippen LogP contribution in [0.5, 0.6) is 0 Å². The Morgan fingerprint density at radius 3 is 2.10 bits per heavy atom. The summed E-state index contributed by atoms with van der Waals surface area (Å²) in [6.45, 7) is 4.22. The lowest BCUT2D eigenvalue weighted by Crippen LogP contribution is -2.39. The zero-order valence-electron chi connectivity index (χ0n) is 16.1. The van der Waals surface area contributed by atoms with E-state index in [0.29, 0.717) is 5.56 Å². The summed E-state index contributed by atoms with van der Waals surface area (Å²) in [6.07, 6.45) is -4.88. The first-order valence-electron chi connectivity index (χ1n) is 8.90. The molecule has 0 aromatic heterocycles. The lowest BCUT2D eigenvalue weighted by atomic mass is 9.85. The number of carbonyl (C=O) groups is 2. The monoisotopic (exact) mass is 407 g/mol. The standard InChI is InChI=1S/C21H20F3NO4/c1-4-28-19(26)16-13(3)25-18(21(22,23)24)17(20(27)29-5-2)15(16)12-11-14-9-7-6-8-10-14/h6-10,15,25H,4-5H2,1-3H3. The van der Waals surface area contributed by atoms with Crippen molar-refractivity contribution in [2.24, 2.45) is 5.92 Å². The third kappa shape index (κ3) is 5.19. The van der Waals surface area contributed by atoms with E-state index in [1.54, 1.807) is 37.3 Å². The van der Waals surface area contributed by atoms with Gasteiger partial charge in [0.2, 0.25) is 0 Å². The minimum absolute atomic E-state index is 0.0129. The Balaban J connectivity index is 2.70. The van der Waals surface area contributed by atoms with Crippen LogP contribution in [-0.2, 0) is 19.1 Å². The summed E-state index contributed by atoms with van der Waals surface area (Å²) in [5.41, 5.74) is -1.79. The van der Waals surface area contributed by atoms with Crippen molar-refractivity contribution in [2.75, 3.05) is 13.2 Å². The van der Waals surface area contributed by atoms with E-state index in [1.807, 2.05) is 0 Å². The first-order valence-corrected chi connectivity index (χ1v) is 8.90. The highest BCUT2D eigenvalue weighted by Gasteiger charge is 2.46. The summed E-state index contributed by atoms with van der Waals surface area (Å²) in [5, 5.41) is 2.13. The van der Waals surface area contributed by atoms with Gasteiger partial charge in [0.1, 0.15) is 5.70 Å². The molecule has 1 atom stereocenters. The molecule has 0 fully saturated rings. The molecule has 1 aliphatic heterocycles. The Kier molecular flexibility index (Phi) is 7.10. The molecule has 8 heteroatoms. The fraction of sp³-hybridized carbons (Fsp3) is 0.333. The van der Waals surface area contributed by atoms with Crippen molar-refractivity contribution in [3.8, 4) is 11.8 Å². The number of nitrogens with one attached hydrogen (secondary N) is 1. The van der Waals surface area contributed by atoms with E-state index >= 15 is 0 Å². The summed E-state index contributed by atoms with van der Waals surface area (Å²) < 4.78 is 50.8. The molecule has 0 radical (unpaired) electrons. The van der Waals surface area contributed by atoms with E-state index in [0.717, 1.165) is 0 Å². The smallest absolute Gasteiger partial charge is 0.431 e. The molecule has 1 aromatic rings. The van der Waals surface area contributed by atoms with Crippen LogP contribution < -0.4 is 5.32 Å². The summed E-state index contributed by atoms with van der Waals surface area (Å²) in [7, 11) is 0. The Morgan fingerprint density at radius 1 is 1.03 bits per heavy atom. The highest BCUT2D eigenvalue weighted by atomic mass is 19.4. The van der Waals surface area contributed by atoms with Crippen LogP contribution in [0, 0.1) is 17.8 Å². The molecule has 29 heavy (non-hydrogen) atoms. The van der Waals surface area contributed by atoms with E-state index < -0.39 is 35.3 Å². The van der Waals surface area contributed by atoms with Gasteiger partial charge in [-0.15, -0.1) is 0 Å². The van der Waals surface area contributed by atoms with Crippen LogP contribution in [0.2, 0.25) is 0 Å². The number of halogens is 3. The van der Waals surface area contributed by atoms with Crippen molar-refractivity contribution in [1.82, 2.24) is 5.32 Å². The number of carbonyl (C=O) groups excluding carboxylic acids is 2. The van der Waals surface area contributed by atoms with Gasteiger partial charge in [-0.25, -0.2) is 9.59 Å². The molecule has 154 valence electrons. The largest absolute Gasteiger partial charge is 0.463 e. The molecule has 1 aromatic carbocycles. The number of alkyl halides is 3. The average Bonchev–Trinajstić information content (AvgIpc) is 2.66. The highest BCUT2D eigenvalue weighted by Crippen LogP contribution is 2.38. The van der Waals surface area contributed by atoms with Gasteiger partial charge in [-0.05, 0) is 32.9 Å². The minimum Gasteiger partial charge on any atom is -0.463 e. The van der Waals surface area contributed by atoms with Crippen LogP contribution >= 0.6 is 0 Å². The van der Waals surface area contributed by atoms with Gasteiger partial charge in [-0.3, -0.25) is 0 Å². The van der Waals surface area contributed by atoms with E-state index in [4.69, 9.17) is 9.47 Å². The van der Waals surface area contributed by atoms with Crippen molar-refractivity contribution in [3.63, 3.8) is 0 Å². The second kappa shape index (κ2) is 9.32. The van der Waals surface area contributed by atoms with E-state index in [2.05, 4.69) is 17.2 Å². The molecule has 0 bridgehead atoms. The summed E-state index contributed by atoms with van der Waals surface area (Å²) in [4.78, 5) is 24.9. The molecule has 1 N–H and O–H groups in total. The van der Waals surface area contributed by atoms with Crippen molar-refractivity contribution >= 4 is 11.9 Å². The molecule has 0 saturated carbocycles. The molecule has 0 saturated heterocycles. The lowest BCUT2D eigenvalue weighted by molar-refractivity contribution is -0.141. The predicted octanol–water partition coefficient (Wildman–Crippen LogP) is 3.47. The van der Waals surface area contributed by atoms with Gasteiger partial charge in [0.05, 0.1) is 30.3 Å². The van der Waals surface area contributed by atoms with Crippen LogP contribution in [0.1, 0.15) is 26.3 Å². The maximum atomic E-state index is 13.7. The Hall–Kier alpha value is -3.21. The Labute approximate surface area is 166 Å². The van der Waals surface area contributed by atoms with Gasteiger partial charge < -0.3 is 14.8 Å². The SMILES string of the molecule is CCOC(=O)C1=C(C)NC(C(F)(F)F)=C(C(=O)OCC)C1C#Cc1ccccc1. The number of allylic oxidation sites excluding steroid dienone is 2. The third-order valence-electron chi connectivity index (χ3n) is 3.97. The lowest BCUT2D eigenvalue weighted by Gasteiger charge is -2.29. The number of hydrogen-bond acceptors (Lipinski definition) is 5. The van der Waals surface area contributed by atoms with Gasteiger partial charge in [-0.2, -0.15) is 13.2 Å². The topological polar surface area (TPSA) is 64.6 Å². The van der Waals surface area contributed by atoms with Crippen molar-refractivity contribution < 1.29 is 32.2 Å². The zero-order chi connectivity index (χ0) is 21.6. The normalized spacial score (nSPS) is 16.6. The highest BCUT2D eigenvalue weighted by molar-refractivity contribution is 5.99. The van der Waals surface area contributed by atoms with Gasteiger partial charge in [-0.1, -0.05) is 30.0 Å². The van der Waals surface area contributed by atoms with Crippen LogP contribution in [0.15, 0.2) is 52.9 Å². The van der Waals surface area contributed by atoms with Crippen LogP contribution in [0.25, 0.3) is 0 Å². The van der Waals surface area contributed by atoms with Crippen molar-refractivity contribution in [1.29, 1.82) is 0 Å². The number of benzene rings is 1. The Bertz CT molecular complexity index is 905. The number of hydrogen-bond donors (Lipinski definition) is 1. The summed E-state index contributed by atoms with van der Waals surface area (Å²) in [6, 6.07) is 8.50. The molecule has 0 amide bonds. The third-order valence-corrected chi connectivity index (χ3v) is 3.97. The van der Waals surface area contributed by atoms with Gasteiger partial charge >= 0.3 is 18.1 Å². The maximum absolute atomic E-state index is 13.7. The molecule has 0 aliphatic carbocycles. The fourth-order valence-corrected chi connectivity index (χ4v) is 2.78. The van der Waals surface area contributed by atoms with Gasteiger partial charge in [0.25, 0.3) is 0 Å². The Morgan fingerprint density at radius 2 is 1.59 bits per heavy atom. The summed E-state index contributed by atoms with van der Waals surface area (Å²) >= 11 is 0. The van der Waals surface area contributed by atoms with Gasteiger partial charge in [0.15, 0.2) is 0 Å². The second-order valence-electron chi connectivity index (χ2n) is 5.96. The van der Waals surface area contributed by atoms with Crippen molar-refractivity contribution in [3.05, 3.63) is 58.4 Å². The van der Waals surface area contributed by atoms with Crippen LogP contribution in [-0.4, -0.2) is 31.3 Å². The number of dihydropyridines is 1. The molecule has 0 spiro atoms. The molecule has 5 nitrogen and oxygen atoms in total. The summed E-state index contributed by atoms with van der Waals surface area (Å²) in [5.74, 6) is 1.85. The van der Waals surface area contributed by atoms with Crippen LogP contribution in [0.3, 0.4) is 0 Å². The predicted molar refractivity (Wildman–Crippen MR) is 99.0 cm³/mol. The quantitative estimate of drug-likeness (QED) is 0.612. The molecule has 1 heterocycles. The van der Waals surface area contributed by atoms with Crippen LogP contribution in [0.4, 0.5) is 13.2 Å². The van der Waals surface area contributed by atoms with Crippen molar-refractivity contribution in [2.45, 2.75) is 26.9 Å². The zero-order valence-corrected chi connectivity index (χ0v) is 16.1. The molecular formula is C21H20F3NO4. The molecule has 1 unspecified atom stereocenters. The minimum atomic E-state index is -4.88. The van der Waals surface area contributed by atoms with E-state index in [9.17, 15) is 22.8 Å². The number of rotatable bonds is 4. The maximum Gasteiger partial charge on any atom is 0.431 e. The first-order chi connectivity index (χ1) is 13.7. The number of esters is 2. The fourth-order valence-electron chi connectivity index (χ4n) is 2.78. The van der Waals surface area contributed by atoms with Gasteiger partial charge in [0, 0.05) is 11.3 Å². The number of ether oxygens (including phenoxy) is 2. The van der Waals surface area contributed by atoms with E-state index in [1.165, 1.54) is 13.8 Å². The van der Waals surface area contributed by atoms with E-state index in [-0.39, 0.29) is 24.5 Å².